The molecule has 1 aliphatic rings. The normalized spacial score (nSPS) is 18.2. The summed E-state index contributed by atoms with van der Waals surface area (Å²) in [6.45, 7) is 0.296. The predicted molar refractivity (Wildman–Crippen MR) is 71.9 cm³/mol. The molecule has 0 radical (unpaired) electrons. The van der Waals surface area contributed by atoms with Crippen LogP contribution in [-0.2, 0) is 9.53 Å². The highest BCUT2D eigenvalue weighted by Crippen LogP contribution is 2.31. The topological polar surface area (TPSA) is 103 Å². The number of ether oxygens (including phenoxy) is 1. The first kappa shape index (κ1) is 14.4. The van der Waals surface area contributed by atoms with Crippen molar-refractivity contribution in [2.75, 3.05) is 18.6 Å². The first-order valence-electron chi connectivity index (χ1n) is 5.61. The smallest absolute Gasteiger partial charge is 0.339 e. The molecule has 0 aliphatic carbocycles. The van der Waals surface area contributed by atoms with Gasteiger partial charge in [0, 0.05) is 30.1 Å². The van der Waals surface area contributed by atoms with E-state index in [0.717, 1.165) is 12.3 Å². The fraction of sp³-hybridized carbons (Fsp3) is 0.364. The highest BCUT2D eigenvalue weighted by molar-refractivity contribution is 9.09. The second-order valence-corrected chi connectivity index (χ2v) is 5.42. The van der Waals surface area contributed by atoms with Crippen LogP contribution in [0.15, 0.2) is 12.3 Å². The summed E-state index contributed by atoms with van der Waals surface area (Å²) in [5.41, 5.74) is -0.437. The highest BCUT2D eigenvalue weighted by atomic mass is 79.9. The van der Waals surface area contributed by atoms with Crippen molar-refractivity contribution in [3.8, 4) is 0 Å². The van der Waals surface area contributed by atoms with E-state index in [4.69, 9.17) is 0 Å². The molecule has 0 saturated carbocycles. The quantitative estimate of drug-likeness (QED) is 0.354. The van der Waals surface area contributed by atoms with Gasteiger partial charge in [-0.2, -0.15) is 0 Å². The Morgan fingerprint density at radius 2 is 2.35 bits per heavy atom. The van der Waals surface area contributed by atoms with Crippen molar-refractivity contribution in [3.63, 3.8) is 0 Å². The van der Waals surface area contributed by atoms with E-state index in [9.17, 15) is 19.7 Å². The summed E-state index contributed by atoms with van der Waals surface area (Å²) in [6, 6.07) is 1.06. The van der Waals surface area contributed by atoms with Crippen LogP contribution >= 0.6 is 15.9 Å². The molecule has 2 heterocycles. The average Bonchev–Trinajstić information content (AvgIpc) is 2.76. The molecule has 1 fully saturated rings. The van der Waals surface area contributed by atoms with Crippen LogP contribution in [0.2, 0.25) is 0 Å². The number of amides is 1. The van der Waals surface area contributed by atoms with E-state index in [1.54, 1.807) is 0 Å². The first-order valence-corrected chi connectivity index (χ1v) is 6.52. The number of hydrogen-bond acceptors (Lipinski definition) is 6. The van der Waals surface area contributed by atoms with Gasteiger partial charge in [-0.25, -0.2) is 9.78 Å². The lowest BCUT2D eigenvalue weighted by atomic mass is 10.2. The van der Waals surface area contributed by atoms with E-state index in [0.29, 0.717) is 6.54 Å². The lowest BCUT2D eigenvalue weighted by Gasteiger charge is -2.14. The molecule has 9 heteroatoms. The maximum atomic E-state index is 11.8. The minimum Gasteiger partial charge on any atom is -0.465 e. The van der Waals surface area contributed by atoms with Gasteiger partial charge in [-0.3, -0.25) is 19.8 Å². The third-order valence-electron chi connectivity index (χ3n) is 2.80. The van der Waals surface area contributed by atoms with Gasteiger partial charge in [-0.05, 0) is 0 Å². The SMILES string of the molecule is COC(=O)c1cnc(N2CC(Br)CC2=O)c([N+](=O)[O-])c1. The maximum Gasteiger partial charge on any atom is 0.339 e. The number of anilines is 1. The summed E-state index contributed by atoms with van der Waals surface area (Å²) in [6.07, 6.45) is 1.40. The van der Waals surface area contributed by atoms with Crippen molar-refractivity contribution in [3.05, 3.63) is 27.9 Å². The van der Waals surface area contributed by atoms with E-state index in [1.165, 1.54) is 12.0 Å². The van der Waals surface area contributed by atoms with Crippen molar-refractivity contribution >= 4 is 39.3 Å². The number of hydrogen-bond donors (Lipinski definition) is 0. The second-order valence-electron chi connectivity index (χ2n) is 4.12. The number of carbonyl (C=O) groups excluding carboxylic acids is 2. The lowest BCUT2D eigenvalue weighted by Crippen LogP contribution is -2.26. The highest BCUT2D eigenvalue weighted by Gasteiger charge is 2.34. The molecule has 1 atom stereocenters. The van der Waals surface area contributed by atoms with Crippen molar-refractivity contribution < 1.29 is 19.2 Å². The van der Waals surface area contributed by atoms with Crippen molar-refractivity contribution in [2.24, 2.45) is 0 Å². The molecule has 0 spiro atoms. The van der Waals surface area contributed by atoms with Gasteiger partial charge in [-0.1, -0.05) is 15.9 Å². The average molecular weight is 344 g/mol. The van der Waals surface area contributed by atoms with E-state index in [2.05, 4.69) is 25.7 Å². The Hall–Kier alpha value is -2.03. The molecular formula is C11H10BrN3O5. The van der Waals surface area contributed by atoms with Crippen LogP contribution < -0.4 is 4.90 Å². The Bertz CT molecular complexity index is 591. The summed E-state index contributed by atoms with van der Waals surface area (Å²) in [7, 11) is 1.17. The second kappa shape index (κ2) is 5.53. The number of nitrogens with zero attached hydrogens (tertiary/aromatic N) is 3. The van der Waals surface area contributed by atoms with E-state index >= 15 is 0 Å². The Balaban J connectivity index is 2.46. The van der Waals surface area contributed by atoms with Crippen LogP contribution in [-0.4, -0.2) is 40.3 Å². The maximum absolute atomic E-state index is 11.8. The fourth-order valence-corrected chi connectivity index (χ4v) is 2.45. The lowest BCUT2D eigenvalue weighted by molar-refractivity contribution is -0.384. The van der Waals surface area contributed by atoms with Crippen LogP contribution in [0, 0.1) is 10.1 Å². The number of esters is 1. The number of alkyl halides is 1. The largest absolute Gasteiger partial charge is 0.465 e. The minimum atomic E-state index is -0.724. The number of halogens is 1. The zero-order valence-electron chi connectivity index (χ0n) is 10.4. The van der Waals surface area contributed by atoms with Crippen molar-refractivity contribution in [2.45, 2.75) is 11.2 Å². The molecule has 2 rings (SSSR count). The van der Waals surface area contributed by atoms with E-state index in [1.807, 2.05) is 0 Å². The van der Waals surface area contributed by atoms with Gasteiger partial charge < -0.3 is 4.74 Å². The van der Waals surface area contributed by atoms with Crippen LogP contribution in [0.4, 0.5) is 11.5 Å². The summed E-state index contributed by atoms with van der Waals surface area (Å²) < 4.78 is 4.48. The molecule has 0 aromatic carbocycles. The molecule has 8 nitrogen and oxygen atoms in total. The molecule has 106 valence electrons. The van der Waals surface area contributed by atoms with Gasteiger partial charge in [0.2, 0.25) is 11.7 Å². The van der Waals surface area contributed by atoms with Gasteiger partial charge in [0.15, 0.2) is 0 Å². The van der Waals surface area contributed by atoms with Crippen molar-refractivity contribution in [1.29, 1.82) is 0 Å². The standard InChI is InChI=1S/C11H10BrN3O5/c1-20-11(17)6-2-8(15(18)19)10(13-4-6)14-5-7(12)3-9(14)16/h2,4,7H,3,5H2,1H3. The molecule has 0 bridgehead atoms. The first-order chi connectivity index (χ1) is 9.43. The Morgan fingerprint density at radius 1 is 1.65 bits per heavy atom. The molecule has 1 unspecified atom stereocenters. The number of methoxy groups -OCH3 is 1. The van der Waals surface area contributed by atoms with Gasteiger partial charge in [0.05, 0.1) is 17.6 Å². The fourth-order valence-electron chi connectivity index (χ4n) is 1.89. The third kappa shape index (κ3) is 2.62. The van der Waals surface area contributed by atoms with Gasteiger partial charge in [0.1, 0.15) is 0 Å². The number of carbonyl (C=O) groups is 2. The third-order valence-corrected chi connectivity index (χ3v) is 3.41. The van der Waals surface area contributed by atoms with Gasteiger partial charge >= 0.3 is 11.7 Å². The van der Waals surface area contributed by atoms with Crippen LogP contribution in [0.3, 0.4) is 0 Å². The Kier molecular flexibility index (Phi) is 3.98. The molecular weight excluding hydrogens is 334 g/mol. The van der Waals surface area contributed by atoms with Gasteiger partial charge in [-0.15, -0.1) is 0 Å². The number of rotatable bonds is 3. The van der Waals surface area contributed by atoms with E-state index < -0.39 is 16.6 Å². The Morgan fingerprint density at radius 3 is 2.85 bits per heavy atom. The van der Waals surface area contributed by atoms with Gasteiger partial charge in [0.25, 0.3) is 0 Å². The molecule has 1 amide bonds. The summed E-state index contributed by atoms with van der Waals surface area (Å²) in [5.74, 6) is -1.04. The summed E-state index contributed by atoms with van der Waals surface area (Å²) >= 11 is 3.29. The van der Waals surface area contributed by atoms with Crippen LogP contribution in [0.5, 0.6) is 0 Å². The summed E-state index contributed by atoms with van der Waals surface area (Å²) in [5, 5.41) is 11.1. The molecule has 0 N–H and O–H groups in total. The van der Waals surface area contributed by atoms with Crippen LogP contribution in [0.25, 0.3) is 0 Å². The number of pyridine rings is 1. The zero-order chi connectivity index (χ0) is 14.9. The monoisotopic (exact) mass is 343 g/mol. The number of aromatic nitrogens is 1. The molecule has 1 saturated heterocycles. The molecule has 1 aromatic rings. The molecule has 1 aliphatic heterocycles. The zero-order valence-corrected chi connectivity index (χ0v) is 12.0. The van der Waals surface area contributed by atoms with Crippen molar-refractivity contribution in [1.82, 2.24) is 4.98 Å². The molecule has 1 aromatic heterocycles. The Labute approximate surface area is 122 Å². The predicted octanol–water partition coefficient (Wildman–Crippen LogP) is 1.28. The number of nitro groups is 1. The minimum absolute atomic E-state index is 0.0370. The summed E-state index contributed by atoms with van der Waals surface area (Å²) in [4.78, 5) is 38.6. The molecule has 20 heavy (non-hydrogen) atoms. The van der Waals surface area contributed by atoms with Crippen LogP contribution in [0.1, 0.15) is 16.8 Å². The van der Waals surface area contributed by atoms with E-state index in [-0.39, 0.29) is 28.5 Å².